The Kier molecular flexibility index (Phi) is 4.71. The molecule has 0 saturated carbocycles. The van der Waals surface area contributed by atoms with Crippen LogP contribution in [-0.4, -0.2) is 37.8 Å². The minimum atomic E-state index is -0.529. The van der Waals surface area contributed by atoms with Crippen molar-refractivity contribution in [3.8, 4) is 0 Å². The fourth-order valence-electron chi connectivity index (χ4n) is 3.00. The number of anilines is 1. The zero-order chi connectivity index (χ0) is 15.4. The second kappa shape index (κ2) is 6.90. The third-order valence-corrected chi connectivity index (χ3v) is 4.33. The molecule has 0 amide bonds. The maximum atomic E-state index is 12.9. The molecule has 1 saturated heterocycles. The van der Waals surface area contributed by atoms with Gasteiger partial charge in [0.2, 0.25) is 0 Å². The van der Waals surface area contributed by atoms with E-state index >= 15 is 0 Å². The highest BCUT2D eigenvalue weighted by atomic mass is 19.1. The Morgan fingerprint density at radius 3 is 2.27 bits per heavy atom. The second-order valence-corrected chi connectivity index (χ2v) is 5.84. The normalized spacial score (nSPS) is 17.5. The van der Waals surface area contributed by atoms with Crippen molar-refractivity contribution >= 4 is 5.69 Å². The third-order valence-electron chi connectivity index (χ3n) is 4.33. The van der Waals surface area contributed by atoms with Gasteiger partial charge < -0.3 is 14.9 Å². The van der Waals surface area contributed by atoms with E-state index in [9.17, 15) is 9.50 Å². The molecule has 0 aliphatic carbocycles. The van der Waals surface area contributed by atoms with E-state index in [-0.39, 0.29) is 5.82 Å². The fraction of sp³-hybridized carbons (Fsp3) is 0.333. The summed E-state index contributed by atoms with van der Waals surface area (Å²) in [5, 5.41) is 10.3. The van der Waals surface area contributed by atoms with Gasteiger partial charge in [0.05, 0.1) is 26.2 Å². The van der Waals surface area contributed by atoms with Crippen LogP contribution in [0.1, 0.15) is 11.7 Å². The van der Waals surface area contributed by atoms with Crippen LogP contribution in [0, 0.1) is 5.82 Å². The van der Waals surface area contributed by atoms with Crippen LogP contribution in [0.15, 0.2) is 54.6 Å². The molecule has 1 aliphatic heterocycles. The van der Waals surface area contributed by atoms with E-state index in [0.717, 1.165) is 31.7 Å². The average molecular weight is 301 g/mol. The zero-order valence-corrected chi connectivity index (χ0v) is 12.6. The molecule has 0 aromatic heterocycles. The molecule has 0 bridgehead atoms. The molecule has 2 aromatic carbocycles. The number of halogens is 1. The van der Waals surface area contributed by atoms with E-state index in [1.54, 1.807) is 12.1 Å². The van der Waals surface area contributed by atoms with E-state index in [1.165, 1.54) is 22.7 Å². The van der Waals surface area contributed by atoms with Crippen molar-refractivity contribution in [1.82, 2.24) is 0 Å². The Morgan fingerprint density at radius 1 is 1.00 bits per heavy atom. The van der Waals surface area contributed by atoms with Gasteiger partial charge in [-0.25, -0.2) is 4.39 Å². The predicted molar refractivity (Wildman–Crippen MR) is 85.6 cm³/mol. The molecule has 1 atom stereocenters. The molecule has 2 aromatic rings. The summed E-state index contributed by atoms with van der Waals surface area (Å²) in [5.74, 6) is -0.264. The van der Waals surface area contributed by atoms with Crippen molar-refractivity contribution in [3.63, 3.8) is 0 Å². The highest BCUT2D eigenvalue weighted by molar-refractivity contribution is 5.46. The molecule has 0 unspecified atom stereocenters. The van der Waals surface area contributed by atoms with Gasteiger partial charge in [-0.05, 0) is 29.8 Å². The van der Waals surface area contributed by atoms with Gasteiger partial charge in [0, 0.05) is 5.69 Å². The van der Waals surface area contributed by atoms with Crippen molar-refractivity contribution < 1.29 is 14.4 Å². The summed E-state index contributed by atoms with van der Waals surface area (Å²) in [6.45, 7) is 4.68. The van der Waals surface area contributed by atoms with E-state index < -0.39 is 6.10 Å². The molecule has 0 radical (unpaired) electrons. The summed E-state index contributed by atoms with van der Waals surface area (Å²) in [4.78, 5) is 3.78. The first-order valence-electron chi connectivity index (χ1n) is 7.79. The van der Waals surface area contributed by atoms with Gasteiger partial charge >= 0.3 is 0 Å². The smallest absolute Gasteiger partial charge is 0.128 e. The monoisotopic (exact) mass is 301 g/mol. The Morgan fingerprint density at radius 2 is 1.64 bits per heavy atom. The number of aliphatic hydroxyl groups is 1. The summed E-state index contributed by atoms with van der Waals surface area (Å²) in [6, 6.07) is 16.6. The van der Waals surface area contributed by atoms with Crippen molar-refractivity contribution in [2.24, 2.45) is 0 Å². The fourth-order valence-corrected chi connectivity index (χ4v) is 3.00. The molecule has 22 heavy (non-hydrogen) atoms. The lowest BCUT2D eigenvalue weighted by Gasteiger charge is -2.34. The number of hydrogen-bond acceptors (Lipinski definition) is 2. The number of piperazine rings is 1. The number of hydrogen-bond donors (Lipinski definition) is 2. The third kappa shape index (κ3) is 3.64. The molecule has 2 N–H and O–H groups in total. The van der Waals surface area contributed by atoms with Crippen molar-refractivity contribution in [3.05, 3.63) is 66.0 Å². The SMILES string of the molecule is O[C@H](C[NH+]1CCN(c2ccccc2)CC1)c1ccc(F)cc1. The van der Waals surface area contributed by atoms with Gasteiger partial charge in [0.25, 0.3) is 0 Å². The molecular formula is C18H22FN2O+. The molecule has 116 valence electrons. The van der Waals surface area contributed by atoms with Crippen LogP contribution in [0.3, 0.4) is 0 Å². The molecule has 0 spiro atoms. The second-order valence-electron chi connectivity index (χ2n) is 5.84. The Balaban J connectivity index is 1.52. The molecule has 3 nitrogen and oxygen atoms in total. The highest BCUT2D eigenvalue weighted by Crippen LogP contribution is 2.14. The van der Waals surface area contributed by atoms with Gasteiger partial charge in [-0.1, -0.05) is 30.3 Å². The zero-order valence-electron chi connectivity index (χ0n) is 12.6. The largest absolute Gasteiger partial charge is 0.382 e. The van der Waals surface area contributed by atoms with Gasteiger partial charge in [-0.3, -0.25) is 0 Å². The van der Waals surface area contributed by atoms with E-state index in [4.69, 9.17) is 0 Å². The standard InChI is InChI=1S/C18H21FN2O/c19-16-8-6-15(7-9-16)18(22)14-20-10-12-21(13-11-20)17-4-2-1-3-5-17/h1-9,18,22H,10-14H2/p+1/t18-/m1/s1. The number of nitrogens with zero attached hydrogens (tertiary/aromatic N) is 1. The van der Waals surface area contributed by atoms with E-state index in [2.05, 4.69) is 29.2 Å². The lowest BCUT2D eigenvalue weighted by atomic mass is 10.1. The Hall–Kier alpha value is -1.91. The summed E-state index contributed by atoms with van der Waals surface area (Å²) in [7, 11) is 0. The van der Waals surface area contributed by atoms with Gasteiger partial charge in [-0.2, -0.15) is 0 Å². The molecule has 4 heteroatoms. The van der Waals surface area contributed by atoms with Crippen LogP contribution < -0.4 is 9.80 Å². The van der Waals surface area contributed by atoms with Crippen LogP contribution >= 0.6 is 0 Å². The highest BCUT2D eigenvalue weighted by Gasteiger charge is 2.23. The summed E-state index contributed by atoms with van der Waals surface area (Å²) >= 11 is 0. The molecule has 3 rings (SSSR count). The first-order valence-corrected chi connectivity index (χ1v) is 7.79. The summed E-state index contributed by atoms with van der Waals surface area (Å²) in [5.41, 5.74) is 2.06. The van der Waals surface area contributed by atoms with Gasteiger partial charge in [0.1, 0.15) is 18.5 Å². The lowest BCUT2D eigenvalue weighted by molar-refractivity contribution is -0.904. The molecule has 1 aliphatic rings. The van der Waals surface area contributed by atoms with E-state index in [1.807, 2.05) is 6.07 Å². The minimum Gasteiger partial charge on any atom is -0.382 e. The Bertz CT molecular complexity index is 580. The van der Waals surface area contributed by atoms with Gasteiger partial charge in [0.15, 0.2) is 0 Å². The van der Waals surface area contributed by atoms with Gasteiger partial charge in [-0.15, -0.1) is 0 Å². The minimum absolute atomic E-state index is 0.264. The number of aliphatic hydroxyl groups excluding tert-OH is 1. The first-order chi connectivity index (χ1) is 10.7. The van der Waals surface area contributed by atoms with Crippen LogP contribution in [0.5, 0.6) is 0 Å². The lowest BCUT2D eigenvalue weighted by Crippen LogP contribution is -3.15. The average Bonchev–Trinajstić information content (AvgIpc) is 2.57. The first kappa shape index (κ1) is 15.0. The number of quaternary nitrogens is 1. The molecule has 1 heterocycles. The predicted octanol–water partition coefficient (Wildman–Crippen LogP) is 1.26. The van der Waals surface area contributed by atoms with Crippen LogP contribution in [0.2, 0.25) is 0 Å². The number of para-hydroxylation sites is 1. The Labute approximate surface area is 130 Å². The van der Waals surface area contributed by atoms with Crippen LogP contribution in [-0.2, 0) is 0 Å². The molecular weight excluding hydrogens is 279 g/mol. The number of nitrogens with one attached hydrogen (secondary N) is 1. The topological polar surface area (TPSA) is 27.9 Å². The maximum absolute atomic E-state index is 12.9. The maximum Gasteiger partial charge on any atom is 0.128 e. The quantitative estimate of drug-likeness (QED) is 0.890. The molecule has 1 fully saturated rings. The van der Waals surface area contributed by atoms with Crippen molar-refractivity contribution in [2.75, 3.05) is 37.6 Å². The van der Waals surface area contributed by atoms with E-state index in [0.29, 0.717) is 6.54 Å². The van der Waals surface area contributed by atoms with Crippen LogP contribution in [0.25, 0.3) is 0 Å². The number of rotatable bonds is 4. The summed E-state index contributed by atoms with van der Waals surface area (Å²) < 4.78 is 12.9. The number of benzene rings is 2. The van der Waals surface area contributed by atoms with Crippen LogP contribution in [0.4, 0.5) is 10.1 Å². The van der Waals surface area contributed by atoms with Crippen molar-refractivity contribution in [2.45, 2.75) is 6.10 Å². The summed E-state index contributed by atoms with van der Waals surface area (Å²) in [6.07, 6.45) is -0.529. The van der Waals surface area contributed by atoms with Crippen molar-refractivity contribution in [1.29, 1.82) is 0 Å².